The number of fused-ring (bicyclic) bond motifs is 1. The van der Waals surface area contributed by atoms with E-state index in [9.17, 15) is 23.5 Å². The Balaban J connectivity index is 1.29. The minimum Gasteiger partial charge on any atom is -0.481 e. The molecule has 3 aromatic carbocycles. The molecule has 0 unspecified atom stereocenters. The molecule has 5 rings (SSSR count). The summed E-state index contributed by atoms with van der Waals surface area (Å²) in [7, 11) is 0. The maximum atomic E-state index is 13.9. The first-order valence-corrected chi connectivity index (χ1v) is 11.7. The van der Waals surface area contributed by atoms with E-state index in [0.29, 0.717) is 28.2 Å². The lowest BCUT2D eigenvalue weighted by atomic mass is 9.88. The van der Waals surface area contributed by atoms with E-state index < -0.39 is 29.4 Å². The number of ketones is 1. The lowest BCUT2D eigenvalue weighted by Gasteiger charge is -2.14. The second kappa shape index (κ2) is 8.95. The van der Waals surface area contributed by atoms with Crippen molar-refractivity contribution in [1.29, 1.82) is 0 Å². The number of carbonyl (C=O) groups is 2. The van der Waals surface area contributed by atoms with Gasteiger partial charge in [0.25, 0.3) is 0 Å². The number of carbonyl (C=O) groups excluding carboxylic acids is 1. The fourth-order valence-electron chi connectivity index (χ4n) is 4.49. The summed E-state index contributed by atoms with van der Waals surface area (Å²) < 4.78 is 27.6. The Morgan fingerprint density at radius 3 is 2.26 bits per heavy atom. The summed E-state index contributed by atoms with van der Waals surface area (Å²) in [5.41, 5.74) is 3.40. The molecule has 0 saturated heterocycles. The van der Waals surface area contributed by atoms with Crippen molar-refractivity contribution in [2.75, 3.05) is 5.32 Å². The summed E-state index contributed by atoms with van der Waals surface area (Å²) in [6.07, 6.45) is 1.92. The zero-order chi connectivity index (χ0) is 23.8. The maximum Gasteiger partial charge on any atom is 0.307 e. The number of Topliss-reactive ketones (excluding diaryl/α,β-unsaturated/α-hetero) is 1. The average Bonchev–Trinajstić information content (AvgIpc) is 3.47. The number of hydrogen-bond acceptors (Lipinski definition) is 5. The van der Waals surface area contributed by atoms with Crippen molar-refractivity contribution in [2.24, 2.45) is 11.8 Å². The molecule has 1 aliphatic rings. The fraction of sp³-hybridized carbons (Fsp3) is 0.192. The molecule has 8 heteroatoms. The SMILES string of the molecule is O=C(O)[C@@H]1CCC[C@H]1C(=O)c1ccc(-c2ccc(Nc3nc4cc(F)cc(F)c4s3)cc2)cc1. The summed E-state index contributed by atoms with van der Waals surface area (Å²) in [6.45, 7) is 0. The number of nitrogens with one attached hydrogen (secondary N) is 1. The van der Waals surface area contributed by atoms with Crippen LogP contribution in [-0.4, -0.2) is 21.8 Å². The van der Waals surface area contributed by atoms with Gasteiger partial charge in [-0.1, -0.05) is 54.2 Å². The lowest BCUT2D eigenvalue weighted by molar-refractivity contribution is -0.142. The summed E-state index contributed by atoms with van der Waals surface area (Å²) >= 11 is 1.11. The van der Waals surface area contributed by atoms with E-state index in [0.717, 1.165) is 40.6 Å². The number of halogens is 2. The van der Waals surface area contributed by atoms with Gasteiger partial charge in [-0.25, -0.2) is 13.8 Å². The van der Waals surface area contributed by atoms with Gasteiger partial charge >= 0.3 is 5.97 Å². The van der Waals surface area contributed by atoms with Crippen LogP contribution in [0.5, 0.6) is 0 Å². The molecule has 0 amide bonds. The molecule has 1 heterocycles. The average molecular weight is 479 g/mol. The van der Waals surface area contributed by atoms with E-state index in [1.54, 1.807) is 12.1 Å². The highest BCUT2D eigenvalue weighted by atomic mass is 32.1. The number of hydrogen-bond donors (Lipinski definition) is 2. The van der Waals surface area contributed by atoms with Crippen LogP contribution in [0.25, 0.3) is 21.3 Å². The number of aliphatic carboxylic acids is 1. The molecule has 0 radical (unpaired) electrons. The second-order valence-electron chi connectivity index (χ2n) is 8.38. The summed E-state index contributed by atoms with van der Waals surface area (Å²) in [4.78, 5) is 28.5. The van der Waals surface area contributed by atoms with Gasteiger partial charge in [-0.15, -0.1) is 0 Å². The van der Waals surface area contributed by atoms with Gasteiger partial charge in [0.2, 0.25) is 0 Å². The second-order valence-corrected chi connectivity index (χ2v) is 9.38. The van der Waals surface area contributed by atoms with Gasteiger partial charge in [-0.05, 0) is 36.1 Å². The number of benzene rings is 3. The molecule has 4 aromatic rings. The first-order valence-electron chi connectivity index (χ1n) is 10.9. The Morgan fingerprint density at radius 1 is 0.941 bits per heavy atom. The normalized spacial score (nSPS) is 17.7. The van der Waals surface area contributed by atoms with E-state index in [2.05, 4.69) is 10.3 Å². The topological polar surface area (TPSA) is 79.3 Å². The zero-order valence-electron chi connectivity index (χ0n) is 17.9. The predicted octanol–water partition coefficient (Wildman–Crippen LogP) is 6.67. The molecule has 1 fully saturated rings. The van der Waals surface area contributed by atoms with Crippen LogP contribution in [0, 0.1) is 23.5 Å². The largest absolute Gasteiger partial charge is 0.481 e. The molecule has 1 aromatic heterocycles. The van der Waals surface area contributed by atoms with Gasteiger partial charge < -0.3 is 10.4 Å². The molecule has 2 N–H and O–H groups in total. The third-order valence-electron chi connectivity index (χ3n) is 6.22. The molecule has 5 nitrogen and oxygen atoms in total. The number of carboxylic acid groups (broad SMARTS) is 1. The van der Waals surface area contributed by atoms with Crippen LogP contribution in [0.4, 0.5) is 19.6 Å². The molecule has 1 saturated carbocycles. The van der Waals surface area contributed by atoms with Crippen molar-refractivity contribution in [2.45, 2.75) is 19.3 Å². The monoisotopic (exact) mass is 478 g/mol. The Morgan fingerprint density at radius 2 is 1.59 bits per heavy atom. The van der Waals surface area contributed by atoms with Gasteiger partial charge in [0.05, 0.1) is 16.1 Å². The Labute approximate surface area is 198 Å². The van der Waals surface area contributed by atoms with Gasteiger partial charge in [-0.2, -0.15) is 0 Å². The van der Waals surface area contributed by atoms with Crippen LogP contribution in [0.1, 0.15) is 29.6 Å². The summed E-state index contributed by atoms with van der Waals surface area (Å²) in [5, 5.41) is 12.9. The first kappa shape index (κ1) is 22.2. The third kappa shape index (κ3) is 4.28. The lowest BCUT2D eigenvalue weighted by Crippen LogP contribution is -2.25. The van der Waals surface area contributed by atoms with Gasteiger partial charge in [0.15, 0.2) is 10.9 Å². The summed E-state index contributed by atoms with van der Waals surface area (Å²) in [5.74, 6) is -3.36. The minimum atomic E-state index is -0.899. The Bertz CT molecular complexity index is 1380. The minimum absolute atomic E-state index is 0.108. The van der Waals surface area contributed by atoms with Gasteiger partial charge in [-0.3, -0.25) is 9.59 Å². The molecule has 0 aliphatic heterocycles. The molecule has 2 atom stereocenters. The van der Waals surface area contributed by atoms with E-state index in [-0.39, 0.29) is 11.3 Å². The molecule has 172 valence electrons. The third-order valence-corrected chi connectivity index (χ3v) is 7.21. The number of aromatic nitrogens is 1. The molecular formula is C26H20F2N2O3S. The number of carboxylic acids is 1. The highest BCUT2D eigenvalue weighted by molar-refractivity contribution is 7.22. The van der Waals surface area contributed by atoms with Crippen molar-refractivity contribution in [3.8, 4) is 11.1 Å². The van der Waals surface area contributed by atoms with Crippen LogP contribution in [-0.2, 0) is 4.79 Å². The Hall–Kier alpha value is -3.65. The highest BCUT2D eigenvalue weighted by Crippen LogP contribution is 2.35. The van der Waals surface area contributed by atoms with Crippen molar-refractivity contribution in [3.05, 3.63) is 77.9 Å². The first-order chi connectivity index (χ1) is 16.4. The van der Waals surface area contributed by atoms with Crippen LogP contribution in [0.15, 0.2) is 60.7 Å². The molecule has 1 aliphatic carbocycles. The molecule has 0 spiro atoms. The van der Waals surface area contributed by atoms with Crippen LogP contribution in [0.3, 0.4) is 0 Å². The fourth-order valence-corrected chi connectivity index (χ4v) is 5.36. The molecule has 0 bridgehead atoms. The van der Waals surface area contributed by atoms with E-state index in [1.165, 1.54) is 6.07 Å². The van der Waals surface area contributed by atoms with Gasteiger partial charge in [0, 0.05) is 29.3 Å². The molecular weight excluding hydrogens is 458 g/mol. The predicted molar refractivity (Wildman–Crippen MR) is 127 cm³/mol. The van der Waals surface area contributed by atoms with Crippen molar-refractivity contribution in [1.82, 2.24) is 4.98 Å². The number of thiazole rings is 1. The maximum absolute atomic E-state index is 13.9. The smallest absolute Gasteiger partial charge is 0.307 e. The van der Waals surface area contributed by atoms with Crippen LogP contribution >= 0.6 is 11.3 Å². The number of nitrogens with zero attached hydrogens (tertiary/aromatic N) is 1. The Kier molecular flexibility index (Phi) is 5.83. The van der Waals surface area contributed by atoms with E-state index in [4.69, 9.17) is 0 Å². The van der Waals surface area contributed by atoms with Gasteiger partial charge in [0.1, 0.15) is 11.6 Å². The van der Waals surface area contributed by atoms with Crippen molar-refractivity contribution >= 4 is 44.1 Å². The highest BCUT2D eigenvalue weighted by Gasteiger charge is 2.37. The number of anilines is 2. The standard InChI is InChI=1S/C26H20F2N2O3S/c27-17-12-21(28)24-22(13-17)30-26(34-24)29-18-10-8-15(9-11-18)14-4-6-16(7-5-14)23(31)19-2-1-3-20(19)25(32)33/h4-13,19-20H,1-3H2,(H,29,30)(H,32,33)/t19-,20-/m1/s1. The quantitative estimate of drug-likeness (QED) is 0.303. The van der Waals surface area contributed by atoms with E-state index >= 15 is 0 Å². The van der Waals surface area contributed by atoms with Crippen molar-refractivity contribution < 1.29 is 23.5 Å². The van der Waals surface area contributed by atoms with Crippen LogP contribution in [0.2, 0.25) is 0 Å². The molecule has 34 heavy (non-hydrogen) atoms. The van der Waals surface area contributed by atoms with Crippen LogP contribution < -0.4 is 5.32 Å². The number of rotatable bonds is 6. The summed E-state index contributed by atoms with van der Waals surface area (Å²) in [6, 6.07) is 16.8. The zero-order valence-corrected chi connectivity index (χ0v) is 18.7. The van der Waals surface area contributed by atoms with Crippen molar-refractivity contribution in [3.63, 3.8) is 0 Å². The van der Waals surface area contributed by atoms with E-state index in [1.807, 2.05) is 36.4 Å².